The van der Waals surface area contributed by atoms with Gasteiger partial charge in [0.1, 0.15) is 5.37 Å². The highest BCUT2D eigenvalue weighted by molar-refractivity contribution is 8.00. The third kappa shape index (κ3) is 3.63. The molecule has 7 nitrogen and oxygen atoms in total. The van der Waals surface area contributed by atoms with Crippen LogP contribution in [0.4, 0.5) is 17.1 Å². The van der Waals surface area contributed by atoms with E-state index in [-0.39, 0.29) is 22.9 Å². The van der Waals surface area contributed by atoms with Crippen LogP contribution in [0.5, 0.6) is 0 Å². The summed E-state index contributed by atoms with van der Waals surface area (Å²) in [6.45, 7) is 1.43. The first-order chi connectivity index (χ1) is 12.0. The van der Waals surface area contributed by atoms with Crippen molar-refractivity contribution >= 4 is 40.6 Å². The normalized spacial score (nSPS) is 16.8. The second-order valence-electron chi connectivity index (χ2n) is 5.50. The fourth-order valence-corrected chi connectivity index (χ4v) is 3.80. The van der Waals surface area contributed by atoms with Crippen molar-refractivity contribution < 1.29 is 14.5 Å². The number of rotatable bonds is 4. The number of nitro benzene ring substituents is 1. The van der Waals surface area contributed by atoms with Gasteiger partial charge < -0.3 is 5.32 Å². The van der Waals surface area contributed by atoms with Gasteiger partial charge in [0.25, 0.3) is 5.69 Å². The van der Waals surface area contributed by atoms with Gasteiger partial charge in [-0.1, -0.05) is 0 Å². The predicted molar refractivity (Wildman–Crippen MR) is 96.5 cm³/mol. The molecule has 0 aliphatic carbocycles. The van der Waals surface area contributed by atoms with E-state index in [9.17, 15) is 19.7 Å². The number of non-ortho nitro benzene ring substituents is 1. The van der Waals surface area contributed by atoms with E-state index in [1.165, 1.54) is 30.8 Å². The third-order valence-electron chi connectivity index (χ3n) is 3.72. The molecule has 1 fully saturated rings. The van der Waals surface area contributed by atoms with E-state index in [0.717, 1.165) is 5.56 Å². The maximum atomic E-state index is 12.3. The van der Waals surface area contributed by atoms with Gasteiger partial charge in [0, 0.05) is 30.4 Å². The molecule has 1 aliphatic heterocycles. The van der Waals surface area contributed by atoms with Crippen LogP contribution in [0.2, 0.25) is 0 Å². The number of carbonyl (C=O) groups excluding carboxylic acids is 2. The fourth-order valence-electron chi connectivity index (χ4n) is 2.62. The molecule has 0 saturated carbocycles. The van der Waals surface area contributed by atoms with Gasteiger partial charge in [0.2, 0.25) is 11.8 Å². The number of benzene rings is 2. The zero-order valence-corrected chi connectivity index (χ0v) is 14.2. The van der Waals surface area contributed by atoms with Gasteiger partial charge in [0.15, 0.2) is 0 Å². The van der Waals surface area contributed by atoms with Crippen molar-refractivity contribution in [3.63, 3.8) is 0 Å². The molecule has 0 spiro atoms. The topological polar surface area (TPSA) is 92.6 Å². The SMILES string of the molecule is CC(=O)Nc1ccc(N2C(=O)CS[C@@H]2c2ccc([N+](=O)[O-])cc2)cc1. The van der Waals surface area contributed by atoms with Crippen LogP contribution in [0.15, 0.2) is 48.5 Å². The van der Waals surface area contributed by atoms with Crippen LogP contribution >= 0.6 is 11.8 Å². The molecule has 25 heavy (non-hydrogen) atoms. The number of carbonyl (C=O) groups is 2. The van der Waals surface area contributed by atoms with Crippen LogP contribution in [-0.4, -0.2) is 22.5 Å². The number of hydrogen-bond acceptors (Lipinski definition) is 5. The van der Waals surface area contributed by atoms with Crippen molar-refractivity contribution in [2.75, 3.05) is 16.0 Å². The van der Waals surface area contributed by atoms with Gasteiger partial charge in [0.05, 0.1) is 10.7 Å². The molecule has 2 aromatic carbocycles. The first-order valence-electron chi connectivity index (χ1n) is 7.51. The Morgan fingerprint density at radius 2 is 1.84 bits per heavy atom. The number of nitro groups is 1. The molecule has 8 heteroatoms. The Morgan fingerprint density at radius 1 is 1.20 bits per heavy atom. The van der Waals surface area contributed by atoms with Crippen LogP contribution in [-0.2, 0) is 9.59 Å². The maximum Gasteiger partial charge on any atom is 0.269 e. The summed E-state index contributed by atoms with van der Waals surface area (Å²) in [5, 5.41) is 13.2. The maximum absolute atomic E-state index is 12.3. The van der Waals surface area contributed by atoms with E-state index in [1.54, 1.807) is 41.3 Å². The highest BCUT2D eigenvalue weighted by atomic mass is 32.2. The van der Waals surface area contributed by atoms with Crippen LogP contribution in [0.3, 0.4) is 0 Å². The minimum atomic E-state index is -0.449. The second-order valence-corrected chi connectivity index (χ2v) is 6.57. The largest absolute Gasteiger partial charge is 0.326 e. The smallest absolute Gasteiger partial charge is 0.269 e. The van der Waals surface area contributed by atoms with Crippen molar-refractivity contribution in [2.45, 2.75) is 12.3 Å². The van der Waals surface area contributed by atoms with Gasteiger partial charge in [-0.2, -0.15) is 0 Å². The summed E-state index contributed by atoms with van der Waals surface area (Å²) in [5.74, 6) is 0.152. The van der Waals surface area contributed by atoms with E-state index < -0.39 is 4.92 Å². The molecule has 0 unspecified atom stereocenters. The first-order valence-corrected chi connectivity index (χ1v) is 8.56. The number of nitrogens with one attached hydrogen (secondary N) is 1. The molecule has 0 bridgehead atoms. The summed E-state index contributed by atoms with van der Waals surface area (Å²) >= 11 is 1.47. The van der Waals surface area contributed by atoms with Gasteiger partial charge in [-0.15, -0.1) is 11.8 Å². The average molecular weight is 357 g/mol. The number of amides is 2. The van der Waals surface area contributed by atoms with Crippen LogP contribution < -0.4 is 10.2 Å². The lowest BCUT2D eigenvalue weighted by molar-refractivity contribution is -0.384. The van der Waals surface area contributed by atoms with Crippen molar-refractivity contribution in [1.29, 1.82) is 0 Å². The number of nitrogens with zero attached hydrogens (tertiary/aromatic N) is 2. The fraction of sp³-hybridized carbons (Fsp3) is 0.176. The molecular formula is C17H15N3O4S. The molecule has 1 heterocycles. The van der Waals surface area contributed by atoms with Gasteiger partial charge in [-0.3, -0.25) is 24.6 Å². The summed E-state index contributed by atoms with van der Waals surface area (Å²) in [5.41, 5.74) is 2.21. The molecule has 3 rings (SSSR count). The predicted octanol–water partition coefficient (Wildman–Crippen LogP) is 3.33. The molecule has 0 aromatic heterocycles. The molecule has 2 amide bonds. The molecular weight excluding hydrogens is 342 g/mol. The minimum Gasteiger partial charge on any atom is -0.326 e. The zero-order valence-electron chi connectivity index (χ0n) is 13.3. The monoisotopic (exact) mass is 357 g/mol. The number of thioether (sulfide) groups is 1. The standard InChI is InChI=1S/C17H15N3O4S/c1-11(21)18-13-4-8-14(9-5-13)19-16(22)10-25-17(19)12-2-6-15(7-3-12)20(23)24/h2-9,17H,10H2,1H3,(H,18,21)/t17-/m1/s1. The lowest BCUT2D eigenvalue weighted by atomic mass is 10.1. The van der Waals surface area contributed by atoms with Gasteiger partial charge >= 0.3 is 0 Å². The quantitative estimate of drug-likeness (QED) is 0.669. The Labute approximate surface area is 148 Å². The highest BCUT2D eigenvalue weighted by Crippen LogP contribution is 2.42. The Morgan fingerprint density at radius 3 is 2.40 bits per heavy atom. The molecule has 1 N–H and O–H groups in total. The van der Waals surface area contributed by atoms with Crippen molar-refractivity contribution in [3.05, 3.63) is 64.2 Å². The molecule has 1 aliphatic rings. The van der Waals surface area contributed by atoms with Crippen LogP contribution in [0.25, 0.3) is 0 Å². The Kier molecular flexibility index (Phi) is 4.71. The van der Waals surface area contributed by atoms with Gasteiger partial charge in [-0.05, 0) is 42.0 Å². The third-order valence-corrected chi connectivity index (χ3v) is 4.94. The molecule has 1 saturated heterocycles. The first kappa shape index (κ1) is 17.0. The Hall–Kier alpha value is -2.87. The second kappa shape index (κ2) is 6.94. The molecule has 2 aromatic rings. The van der Waals surface area contributed by atoms with E-state index in [2.05, 4.69) is 5.32 Å². The minimum absolute atomic E-state index is 0.0179. The summed E-state index contributed by atoms with van der Waals surface area (Å²) in [6, 6.07) is 13.2. The highest BCUT2D eigenvalue weighted by Gasteiger charge is 2.34. The summed E-state index contributed by atoms with van der Waals surface area (Å²) in [4.78, 5) is 35.4. The number of hydrogen-bond donors (Lipinski definition) is 1. The summed E-state index contributed by atoms with van der Waals surface area (Å²) < 4.78 is 0. The van der Waals surface area contributed by atoms with Crippen molar-refractivity contribution in [1.82, 2.24) is 0 Å². The van der Waals surface area contributed by atoms with E-state index >= 15 is 0 Å². The summed E-state index contributed by atoms with van der Waals surface area (Å²) in [6.07, 6.45) is 0. The van der Waals surface area contributed by atoms with Gasteiger partial charge in [-0.25, -0.2) is 0 Å². The van der Waals surface area contributed by atoms with Crippen LogP contribution in [0, 0.1) is 10.1 Å². The molecule has 1 atom stereocenters. The van der Waals surface area contributed by atoms with E-state index in [4.69, 9.17) is 0 Å². The average Bonchev–Trinajstić information content (AvgIpc) is 2.97. The summed E-state index contributed by atoms with van der Waals surface area (Å²) in [7, 11) is 0. The molecule has 128 valence electrons. The van der Waals surface area contributed by atoms with Crippen molar-refractivity contribution in [3.8, 4) is 0 Å². The lowest BCUT2D eigenvalue weighted by Crippen LogP contribution is -2.27. The number of anilines is 2. The Bertz CT molecular complexity index is 821. The zero-order chi connectivity index (χ0) is 18.0. The molecule has 0 radical (unpaired) electrons. The Balaban J connectivity index is 1.86. The van der Waals surface area contributed by atoms with Crippen LogP contribution in [0.1, 0.15) is 17.9 Å². The van der Waals surface area contributed by atoms with E-state index in [0.29, 0.717) is 17.1 Å². The van der Waals surface area contributed by atoms with Crippen molar-refractivity contribution in [2.24, 2.45) is 0 Å². The van der Waals surface area contributed by atoms with E-state index in [1.807, 2.05) is 0 Å². The lowest BCUT2D eigenvalue weighted by Gasteiger charge is -2.24.